The van der Waals surface area contributed by atoms with E-state index in [1.165, 1.54) is 4.90 Å². The number of nitrogens with zero attached hydrogens (tertiary/aromatic N) is 1. The minimum absolute atomic E-state index is 0.0964. The standard InChI is InChI=1S/C23H26ClNO4/c1-3-28-20-10-7-17(14-21(20)29-4-2)11-12-25-22(26)15-18(23(25)27)13-16-5-8-19(24)9-6-16/h5-10,14,18H,3-4,11-13,15H2,1-2H3/t18-/m0/s1. The van der Waals surface area contributed by atoms with E-state index in [0.717, 1.165) is 11.1 Å². The predicted octanol–water partition coefficient (Wildman–Crippen LogP) is 4.30. The number of halogens is 1. The molecule has 0 radical (unpaired) electrons. The molecule has 1 atom stereocenters. The van der Waals surface area contributed by atoms with Crippen LogP contribution in [0.4, 0.5) is 0 Å². The molecule has 3 rings (SSSR count). The Labute approximate surface area is 176 Å². The van der Waals surface area contributed by atoms with Crippen molar-refractivity contribution in [2.45, 2.75) is 33.1 Å². The highest BCUT2D eigenvalue weighted by atomic mass is 35.5. The number of carbonyl (C=O) groups excluding carboxylic acids is 2. The topological polar surface area (TPSA) is 55.8 Å². The van der Waals surface area contributed by atoms with Gasteiger partial charge in [0.25, 0.3) is 0 Å². The summed E-state index contributed by atoms with van der Waals surface area (Å²) in [5, 5.41) is 0.658. The molecule has 2 amide bonds. The van der Waals surface area contributed by atoms with Crippen molar-refractivity contribution in [3.05, 3.63) is 58.6 Å². The molecule has 0 aliphatic carbocycles. The summed E-state index contributed by atoms with van der Waals surface area (Å²) in [5.74, 6) is 0.884. The number of imide groups is 1. The summed E-state index contributed by atoms with van der Waals surface area (Å²) >= 11 is 5.91. The first-order chi connectivity index (χ1) is 14.0. The van der Waals surface area contributed by atoms with Gasteiger partial charge in [-0.05, 0) is 62.1 Å². The van der Waals surface area contributed by atoms with Crippen LogP contribution in [-0.2, 0) is 22.4 Å². The van der Waals surface area contributed by atoms with E-state index in [2.05, 4.69) is 0 Å². The van der Waals surface area contributed by atoms with Crippen molar-refractivity contribution < 1.29 is 19.1 Å². The number of likely N-dealkylation sites (tertiary alicyclic amines) is 1. The lowest BCUT2D eigenvalue weighted by Gasteiger charge is -2.16. The molecule has 0 spiro atoms. The van der Waals surface area contributed by atoms with Crippen molar-refractivity contribution in [2.24, 2.45) is 5.92 Å². The molecule has 0 saturated carbocycles. The Hall–Kier alpha value is -2.53. The molecule has 2 aromatic carbocycles. The van der Waals surface area contributed by atoms with Gasteiger partial charge in [0.1, 0.15) is 0 Å². The maximum atomic E-state index is 12.8. The molecule has 2 aromatic rings. The minimum Gasteiger partial charge on any atom is -0.490 e. The van der Waals surface area contributed by atoms with Gasteiger partial charge < -0.3 is 9.47 Å². The second kappa shape index (κ2) is 9.79. The van der Waals surface area contributed by atoms with E-state index in [-0.39, 0.29) is 24.2 Å². The number of amides is 2. The van der Waals surface area contributed by atoms with Crippen LogP contribution in [0.3, 0.4) is 0 Å². The van der Waals surface area contributed by atoms with Gasteiger partial charge in [-0.2, -0.15) is 0 Å². The van der Waals surface area contributed by atoms with Crippen molar-refractivity contribution in [1.29, 1.82) is 0 Å². The molecule has 5 nitrogen and oxygen atoms in total. The molecule has 1 fully saturated rings. The summed E-state index contributed by atoms with van der Waals surface area (Å²) in [6, 6.07) is 13.2. The van der Waals surface area contributed by atoms with E-state index in [1.54, 1.807) is 12.1 Å². The predicted molar refractivity (Wildman–Crippen MR) is 112 cm³/mol. The van der Waals surface area contributed by atoms with E-state index in [1.807, 2.05) is 44.2 Å². The summed E-state index contributed by atoms with van der Waals surface area (Å²) in [6.07, 6.45) is 1.39. The fraction of sp³-hybridized carbons (Fsp3) is 0.391. The maximum Gasteiger partial charge on any atom is 0.233 e. The number of benzene rings is 2. The maximum absolute atomic E-state index is 12.8. The van der Waals surface area contributed by atoms with Gasteiger partial charge in [0.15, 0.2) is 11.5 Å². The highest BCUT2D eigenvalue weighted by molar-refractivity contribution is 6.30. The lowest BCUT2D eigenvalue weighted by atomic mass is 9.98. The molecule has 6 heteroatoms. The van der Waals surface area contributed by atoms with E-state index >= 15 is 0 Å². The first-order valence-corrected chi connectivity index (χ1v) is 10.4. The van der Waals surface area contributed by atoms with Gasteiger partial charge >= 0.3 is 0 Å². The number of carbonyl (C=O) groups is 2. The molecule has 0 aromatic heterocycles. The lowest BCUT2D eigenvalue weighted by molar-refractivity contribution is -0.139. The van der Waals surface area contributed by atoms with Crippen LogP contribution in [0.5, 0.6) is 11.5 Å². The second-order valence-electron chi connectivity index (χ2n) is 7.01. The van der Waals surface area contributed by atoms with Gasteiger partial charge in [0.2, 0.25) is 11.8 Å². The molecule has 0 unspecified atom stereocenters. The zero-order valence-corrected chi connectivity index (χ0v) is 17.6. The van der Waals surface area contributed by atoms with Crippen molar-refractivity contribution in [2.75, 3.05) is 19.8 Å². The Balaban J connectivity index is 1.63. The average Bonchev–Trinajstić information content (AvgIpc) is 2.97. The molecule has 1 saturated heterocycles. The third-order valence-corrected chi connectivity index (χ3v) is 5.22. The lowest BCUT2D eigenvalue weighted by Crippen LogP contribution is -2.33. The Morgan fingerprint density at radius 3 is 2.31 bits per heavy atom. The third kappa shape index (κ3) is 5.30. The van der Waals surface area contributed by atoms with Crippen molar-refractivity contribution in [3.8, 4) is 11.5 Å². The van der Waals surface area contributed by atoms with Crippen LogP contribution in [0.15, 0.2) is 42.5 Å². The zero-order chi connectivity index (χ0) is 20.8. The smallest absolute Gasteiger partial charge is 0.233 e. The van der Waals surface area contributed by atoms with Crippen LogP contribution in [0.2, 0.25) is 5.02 Å². The van der Waals surface area contributed by atoms with Crippen LogP contribution in [0.25, 0.3) is 0 Å². The van der Waals surface area contributed by atoms with Crippen molar-refractivity contribution in [1.82, 2.24) is 4.90 Å². The Morgan fingerprint density at radius 2 is 1.62 bits per heavy atom. The average molecular weight is 416 g/mol. The first-order valence-electron chi connectivity index (χ1n) is 9.99. The SMILES string of the molecule is CCOc1ccc(CCN2C(=O)C[C@H](Cc3ccc(Cl)cc3)C2=O)cc1OCC. The zero-order valence-electron chi connectivity index (χ0n) is 16.8. The molecule has 29 heavy (non-hydrogen) atoms. The summed E-state index contributed by atoms with van der Waals surface area (Å²) in [5.41, 5.74) is 2.01. The van der Waals surface area contributed by atoms with Gasteiger partial charge in [0, 0.05) is 18.0 Å². The molecule has 0 N–H and O–H groups in total. The first kappa shape index (κ1) is 21.2. The number of hydrogen-bond acceptors (Lipinski definition) is 4. The monoisotopic (exact) mass is 415 g/mol. The van der Waals surface area contributed by atoms with Crippen LogP contribution >= 0.6 is 11.6 Å². The molecular formula is C23H26ClNO4. The molecule has 154 valence electrons. The Morgan fingerprint density at radius 1 is 0.966 bits per heavy atom. The van der Waals surface area contributed by atoms with Crippen molar-refractivity contribution >= 4 is 23.4 Å². The fourth-order valence-electron chi connectivity index (χ4n) is 3.54. The van der Waals surface area contributed by atoms with Gasteiger partial charge in [-0.25, -0.2) is 0 Å². The van der Waals surface area contributed by atoms with Crippen molar-refractivity contribution in [3.63, 3.8) is 0 Å². The molecule has 1 aliphatic heterocycles. The highest BCUT2D eigenvalue weighted by Crippen LogP contribution is 2.29. The third-order valence-electron chi connectivity index (χ3n) is 4.96. The summed E-state index contributed by atoms with van der Waals surface area (Å²) in [7, 11) is 0. The normalized spacial score (nSPS) is 16.4. The fourth-order valence-corrected chi connectivity index (χ4v) is 3.67. The van der Waals surface area contributed by atoms with Gasteiger partial charge in [-0.15, -0.1) is 0 Å². The van der Waals surface area contributed by atoms with Crippen LogP contribution in [-0.4, -0.2) is 36.5 Å². The quantitative estimate of drug-likeness (QED) is 0.573. The Kier molecular flexibility index (Phi) is 7.15. The summed E-state index contributed by atoms with van der Waals surface area (Å²) in [4.78, 5) is 26.5. The number of rotatable bonds is 9. The van der Waals surface area contributed by atoms with Crippen LogP contribution in [0.1, 0.15) is 31.4 Å². The number of ether oxygens (including phenoxy) is 2. The van der Waals surface area contributed by atoms with Crippen LogP contribution < -0.4 is 9.47 Å². The molecule has 1 heterocycles. The van der Waals surface area contributed by atoms with Gasteiger partial charge in [-0.1, -0.05) is 29.8 Å². The van der Waals surface area contributed by atoms with Gasteiger partial charge in [0.05, 0.1) is 19.1 Å². The van der Waals surface area contributed by atoms with E-state index in [9.17, 15) is 9.59 Å². The number of hydrogen-bond donors (Lipinski definition) is 0. The Bertz CT molecular complexity index is 866. The molecule has 1 aliphatic rings. The highest BCUT2D eigenvalue weighted by Gasteiger charge is 2.37. The van der Waals surface area contributed by atoms with E-state index in [4.69, 9.17) is 21.1 Å². The summed E-state index contributed by atoms with van der Waals surface area (Å²) < 4.78 is 11.2. The molecular weight excluding hydrogens is 390 g/mol. The largest absolute Gasteiger partial charge is 0.490 e. The summed E-state index contributed by atoms with van der Waals surface area (Å²) in [6.45, 7) is 5.32. The minimum atomic E-state index is -0.303. The van der Waals surface area contributed by atoms with Crippen LogP contribution in [0, 0.1) is 5.92 Å². The molecule has 0 bridgehead atoms. The van der Waals surface area contributed by atoms with E-state index in [0.29, 0.717) is 49.1 Å². The van der Waals surface area contributed by atoms with Gasteiger partial charge in [-0.3, -0.25) is 14.5 Å². The second-order valence-corrected chi connectivity index (χ2v) is 7.45. The van der Waals surface area contributed by atoms with E-state index < -0.39 is 0 Å².